The van der Waals surface area contributed by atoms with Crippen LogP contribution in [-0.2, 0) is 9.59 Å². The summed E-state index contributed by atoms with van der Waals surface area (Å²) >= 11 is 0. The van der Waals surface area contributed by atoms with E-state index in [9.17, 15) is 14.9 Å². The molecule has 10 heteroatoms. The molecule has 0 aromatic heterocycles. The molecule has 0 bridgehead atoms. The molecule has 5 rings (SSSR count). The molecule has 0 spiro atoms. The fraction of sp³-hybridized carbons (Fsp3) is 0.312. The van der Waals surface area contributed by atoms with Crippen LogP contribution < -0.4 is 19.7 Å². The van der Waals surface area contributed by atoms with E-state index in [-0.39, 0.29) is 11.8 Å². The molecule has 0 saturated carbocycles. The summed E-state index contributed by atoms with van der Waals surface area (Å²) in [5, 5.41) is 12.2. The smallest absolute Gasteiger partial charge is 0.240 e. The number of carbonyl (C=O) groups is 2. The van der Waals surface area contributed by atoms with Crippen LogP contribution in [0.2, 0.25) is 0 Å². The maximum absolute atomic E-state index is 13.3. The van der Waals surface area contributed by atoms with Gasteiger partial charge in [0.15, 0.2) is 11.5 Å². The molecule has 3 aromatic carbocycles. The Balaban J connectivity index is 1.46. The molecular weight excluding hydrogens is 532 g/mol. The first kappa shape index (κ1) is 28.8. The number of nitriles is 1. The first-order valence-corrected chi connectivity index (χ1v) is 13.7. The number of benzene rings is 3. The summed E-state index contributed by atoms with van der Waals surface area (Å²) in [6.45, 7) is 4.03. The Labute approximate surface area is 245 Å². The largest absolute Gasteiger partial charge is 0.493 e. The number of amides is 2. The number of piperazine rings is 1. The molecule has 2 aliphatic rings. The molecule has 42 heavy (non-hydrogen) atoms. The SMILES string of the molecule is COc1ccc(C(=Nc2ccc(N(C)C(=O)CN3CCN(C)CC3)cc2)C2C(=O)Nc3cc(C#N)ccc32)cc1OC. The van der Waals surface area contributed by atoms with Crippen LogP contribution in [0.5, 0.6) is 11.5 Å². The maximum Gasteiger partial charge on any atom is 0.240 e. The molecule has 0 radical (unpaired) electrons. The summed E-state index contributed by atoms with van der Waals surface area (Å²) in [5.74, 6) is 0.150. The molecule has 2 aliphatic heterocycles. The van der Waals surface area contributed by atoms with Gasteiger partial charge in [0.2, 0.25) is 11.8 Å². The number of fused-ring (bicyclic) bond motifs is 1. The van der Waals surface area contributed by atoms with E-state index in [1.807, 2.05) is 30.3 Å². The Morgan fingerprint density at radius 2 is 1.74 bits per heavy atom. The van der Waals surface area contributed by atoms with Crippen molar-refractivity contribution in [1.82, 2.24) is 9.80 Å². The lowest BCUT2D eigenvalue weighted by molar-refractivity contribution is -0.120. The van der Waals surface area contributed by atoms with Crippen LogP contribution >= 0.6 is 0 Å². The van der Waals surface area contributed by atoms with Crippen molar-refractivity contribution in [2.75, 3.05) is 71.3 Å². The van der Waals surface area contributed by atoms with E-state index < -0.39 is 5.92 Å². The Morgan fingerprint density at radius 1 is 1.02 bits per heavy atom. The van der Waals surface area contributed by atoms with Crippen LogP contribution in [0.25, 0.3) is 0 Å². The van der Waals surface area contributed by atoms with Crippen molar-refractivity contribution in [2.24, 2.45) is 4.99 Å². The number of ether oxygens (including phenoxy) is 2. The third-order valence-electron chi connectivity index (χ3n) is 7.78. The molecule has 1 unspecified atom stereocenters. The highest BCUT2D eigenvalue weighted by atomic mass is 16.5. The summed E-state index contributed by atoms with van der Waals surface area (Å²) in [4.78, 5) is 37.4. The van der Waals surface area contributed by atoms with Crippen molar-refractivity contribution in [2.45, 2.75) is 5.92 Å². The van der Waals surface area contributed by atoms with Crippen molar-refractivity contribution in [3.63, 3.8) is 0 Å². The normalized spacial score (nSPS) is 17.3. The van der Waals surface area contributed by atoms with Crippen molar-refractivity contribution in [3.05, 3.63) is 77.4 Å². The minimum absolute atomic E-state index is 0.0257. The lowest BCUT2D eigenvalue weighted by Gasteiger charge is -2.32. The molecular formula is C32H34N6O4. The summed E-state index contributed by atoms with van der Waals surface area (Å²) < 4.78 is 10.9. The Morgan fingerprint density at radius 3 is 2.40 bits per heavy atom. The van der Waals surface area contributed by atoms with Crippen LogP contribution in [-0.4, -0.2) is 88.4 Å². The number of hydrogen-bond acceptors (Lipinski definition) is 8. The van der Waals surface area contributed by atoms with E-state index in [1.165, 1.54) is 0 Å². The zero-order valence-electron chi connectivity index (χ0n) is 24.3. The van der Waals surface area contributed by atoms with Crippen LogP contribution in [0.15, 0.2) is 65.7 Å². The Hall–Kier alpha value is -4.72. The quantitative estimate of drug-likeness (QED) is 0.415. The third kappa shape index (κ3) is 5.98. The van der Waals surface area contributed by atoms with Gasteiger partial charge in [0.25, 0.3) is 0 Å². The first-order chi connectivity index (χ1) is 20.3. The number of rotatable bonds is 8. The second-order valence-corrected chi connectivity index (χ2v) is 10.5. The molecule has 1 N–H and O–H groups in total. The highest BCUT2D eigenvalue weighted by Gasteiger charge is 2.36. The van der Waals surface area contributed by atoms with Crippen molar-refractivity contribution in [1.29, 1.82) is 5.26 Å². The van der Waals surface area contributed by atoms with Gasteiger partial charge < -0.3 is 24.6 Å². The number of anilines is 2. The van der Waals surface area contributed by atoms with E-state index in [2.05, 4.69) is 28.2 Å². The third-order valence-corrected chi connectivity index (χ3v) is 7.78. The van der Waals surface area contributed by atoms with Gasteiger partial charge in [-0.15, -0.1) is 0 Å². The number of nitrogens with zero attached hydrogens (tertiary/aromatic N) is 5. The van der Waals surface area contributed by atoms with Crippen LogP contribution in [0.4, 0.5) is 17.1 Å². The fourth-order valence-electron chi connectivity index (χ4n) is 5.23. The highest BCUT2D eigenvalue weighted by molar-refractivity contribution is 6.24. The van der Waals surface area contributed by atoms with Gasteiger partial charge in [0, 0.05) is 50.2 Å². The fourth-order valence-corrected chi connectivity index (χ4v) is 5.23. The van der Waals surface area contributed by atoms with Gasteiger partial charge >= 0.3 is 0 Å². The van der Waals surface area contributed by atoms with Crippen LogP contribution in [0.1, 0.15) is 22.6 Å². The van der Waals surface area contributed by atoms with E-state index in [4.69, 9.17) is 14.5 Å². The number of nitrogens with one attached hydrogen (secondary N) is 1. The van der Waals surface area contributed by atoms with Gasteiger partial charge in [-0.05, 0) is 67.2 Å². The van der Waals surface area contributed by atoms with E-state index in [1.54, 1.807) is 56.5 Å². The van der Waals surface area contributed by atoms with Crippen LogP contribution in [0, 0.1) is 11.3 Å². The van der Waals surface area contributed by atoms with Crippen molar-refractivity contribution in [3.8, 4) is 17.6 Å². The molecule has 10 nitrogen and oxygen atoms in total. The average molecular weight is 567 g/mol. The minimum atomic E-state index is -0.710. The summed E-state index contributed by atoms with van der Waals surface area (Å²) in [6.07, 6.45) is 0. The van der Waals surface area contributed by atoms with Gasteiger partial charge in [-0.1, -0.05) is 6.07 Å². The van der Waals surface area contributed by atoms with Gasteiger partial charge in [-0.3, -0.25) is 19.5 Å². The molecule has 216 valence electrons. The second-order valence-electron chi connectivity index (χ2n) is 10.5. The molecule has 1 atom stereocenters. The monoisotopic (exact) mass is 566 g/mol. The number of methoxy groups -OCH3 is 2. The van der Waals surface area contributed by atoms with E-state index in [0.717, 1.165) is 37.4 Å². The topological polar surface area (TPSA) is 111 Å². The zero-order valence-corrected chi connectivity index (χ0v) is 24.3. The Bertz CT molecular complexity index is 1550. The Kier molecular flexibility index (Phi) is 8.52. The summed E-state index contributed by atoms with van der Waals surface area (Å²) in [5.41, 5.74) is 4.37. The average Bonchev–Trinajstić information content (AvgIpc) is 3.34. The van der Waals surface area contributed by atoms with Crippen LogP contribution in [0.3, 0.4) is 0 Å². The molecule has 0 aliphatic carbocycles. The lowest BCUT2D eigenvalue weighted by Crippen LogP contribution is -2.48. The maximum atomic E-state index is 13.3. The number of aliphatic imine (C=N–C) groups is 1. The second kappa shape index (κ2) is 12.4. The first-order valence-electron chi connectivity index (χ1n) is 13.7. The molecule has 1 saturated heterocycles. The standard InChI is InChI=1S/C32H34N6O4/c1-36-13-15-38(16-14-36)20-29(39)37(2)24-9-7-23(8-10-24)34-31(22-6-12-27(41-3)28(18-22)42-4)30-25-11-5-21(19-33)17-26(25)35-32(30)40/h5-12,17-18,30H,13-16,20H2,1-4H3,(H,35,40). The number of carbonyl (C=O) groups excluding carboxylic acids is 2. The van der Waals surface area contributed by atoms with Crippen molar-refractivity contribution < 1.29 is 19.1 Å². The van der Waals surface area contributed by atoms with E-state index in [0.29, 0.717) is 46.3 Å². The molecule has 1 fully saturated rings. The number of likely N-dealkylation sites (N-methyl/N-ethyl adjacent to an activating group) is 2. The number of hydrogen-bond donors (Lipinski definition) is 1. The molecule has 3 aromatic rings. The van der Waals surface area contributed by atoms with Gasteiger partial charge in [-0.25, -0.2) is 0 Å². The predicted octanol–water partition coefficient (Wildman–Crippen LogP) is 3.64. The van der Waals surface area contributed by atoms with Crippen molar-refractivity contribution >= 4 is 34.6 Å². The van der Waals surface area contributed by atoms with E-state index >= 15 is 0 Å². The summed E-state index contributed by atoms with van der Waals surface area (Å²) in [6, 6.07) is 20.1. The highest BCUT2D eigenvalue weighted by Crippen LogP contribution is 2.38. The molecule has 2 amide bonds. The minimum Gasteiger partial charge on any atom is -0.493 e. The predicted molar refractivity (Wildman–Crippen MR) is 162 cm³/mol. The van der Waals surface area contributed by atoms with Gasteiger partial charge in [0.05, 0.1) is 43.8 Å². The zero-order chi connectivity index (χ0) is 29.8. The van der Waals surface area contributed by atoms with Gasteiger partial charge in [0.1, 0.15) is 5.92 Å². The molecule has 2 heterocycles. The van der Waals surface area contributed by atoms with Gasteiger partial charge in [-0.2, -0.15) is 5.26 Å². The lowest BCUT2D eigenvalue weighted by atomic mass is 9.90. The summed E-state index contributed by atoms with van der Waals surface area (Å²) in [7, 11) is 6.99.